The highest BCUT2D eigenvalue weighted by atomic mass is 31.2. The number of carbonyl (C=O) groups excluding carboxylic acids is 1. The molecule has 4 nitrogen and oxygen atoms in total. The molecule has 5 heteroatoms. The van der Waals surface area contributed by atoms with E-state index < -0.39 is 19.0 Å². The van der Waals surface area contributed by atoms with Crippen LogP contribution >= 0.6 is 7.37 Å². The largest absolute Gasteiger partial charge is 0.463 e. The van der Waals surface area contributed by atoms with E-state index in [-0.39, 0.29) is 12.2 Å². The van der Waals surface area contributed by atoms with Gasteiger partial charge in [0.25, 0.3) is 0 Å². The summed E-state index contributed by atoms with van der Waals surface area (Å²) < 4.78 is 17.1. The molecule has 0 radical (unpaired) electrons. The summed E-state index contributed by atoms with van der Waals surface area (Å²) in [5.74, 6) is -0.629. The van der Waals surface area contributed by atoms with Gasteiger partial charge < -0.3 is 9.63 Å². The maximum atomic E-state index is 12.4. The second-order valence-corrected chi connectivity index (χ2v) is 6.42. The molecule has 0 fully saturated rings. The van der Waals surface area contributed by atoms with Gasteiger partial charge in [-0.15, -0.1) is 0 Å². The summed E-state index contributed by atoms with van der Waals surface area (Å²) in [4.78, 5) is 21.6. The Hall–Kier alpha value is -1.38. The second-order valence-electron chi connectivity index (χ2n) is 3.88. The van der Waals surface area contributed by atoms with E-state index in [1.807, 2.05) is 0 Å². The number of hydrogen-bond acceptors (Lipinski definition) is 3. The summed E-state index contributed by atoms with van der Waals surface area (Å²) >= 11 is 0. The lowest BCUT2D eigenvalue weighted by Gasteiger charge is -2.20. The van der Waals surface area contributed by atoms with Crippen molar-refractivity contribution in [3.63, 3.8) is 0 Å². The van der Waals surface area contributed by atoms with Crippen LogP contribution in [0.1, 0.15) is 13.8 Å². The van der Waals surface area contributed by atoms with Gasteiger partial charge in [-0.2, -0.15) is 0 Å². The predicted molar refractivity (Wildman–Crippen MR) is 71.1 cm³/mol. The van der Waals surface area contributed by atoms with Gasteiger partial charge in [-0.3, -0.25) is 4.57 Å². The summed E-state index contributed by atoms with van der Waals surface area (Å²) in [5, 5.41) is 0.308. The van der Waals surface area contributed by atoms with Crippen molar-refractivity contribution >= 4 is 18.6 Å². The lowest BCUT2D eigenvalue weighted by atomic mass is 10.2. The first kappa shape index (κ1) is 14.7. The van der Waals surface area contributed by atoms with E-state index in [9.17, 15) is 14.3 Å². The number of ether oxygens (including phenoxy) is 1. The molecule has 1 N–H and O–H groups in total. The van der Waals surface area contributed by atoms with Crippen LogP contribution in [0.3, 0.4) is 0 Å². The van der Waals surface area contributed by atoms with Crippen LogP contribution in [0.4, 0.5) is 0 Å². The molecule has 0 heterocycles. The molecule has 0 aliphatic carbocycles. The average molecular weight is 268 g/mol. The molecular weight excluding hydrogens is 251 g/mol. The van der Waals surface area contributed by atoms with E-state index in [4.69, 9.17) is 4.74 Å². The number of carbonyl (C=O) groups is 1. The number of esters is 1. The topological polar surface area (TPSA) is 63.6 Å². The minimum Gasteiger partial charge on any atom is -0.463 e. The van der Waals surface area contributed by atoms with Gasteiger partial charge in [0.05, 0.1) is 12.3 Å². The van der Waals surface area contributed by atoms with E-state index in [1.165, 1.54) is 6.92 Å². The van der Waals surface area contributed by atoms with Crippen molar-refractivity contribution in [1.29, 1.82) is 0 Å². The minimum absolute atomic E-state index is 0.0199. The molecule has 0 aliphatic rings. The Morgan fingerprint density at radius 3 is 2.50 bits per heavy atom. The van der Waals surface area contributed by atoms with E-state index in [2.05, 4.69) is 6.58 Å². The summed E-state index contributed by atoms with van der Waals surface area (Å²) in [6.45, 7) is 6.95. The Labute approximate surface area is 107 Å². The molecule has 0 aromatic heterocycles. The molecule has 0 saturated carbocycles. The highest BCUT2D eigenvalue weighted by molar-refractivity contribution is 7.67. The Bertz CT molecular complexity index is 481. The summed E-state index contributed by atoms with van der Waals surface area (Å²) in [6.07, 6.45) is 0. The molecule has 0 amide bonds. The Morgan fingerprint density at radius 1 is 1.44 bits per heavy atom. The third-order valence-electron chi connectivity index (χ3n) is 2.69. The second kappa shape index (κ2) is 5.98. The Balaban J connectivity index is 2.96. The first-order valence-electron chi connectivity index (χ1n) is 5.65. The highest BCUT2D eigenvalue weighted by Gasteiger charge is 2.34. The maximum absolute atomic E-state index is 12.4. The predicted octanol–water partition coefficient (Wildman–Crippen LogP) is 2.09. The smallest absolute Gasteiger partial charge is 0.334 e. The maximum Gasteiger partial charge on any atom is 0.334 e. The van der Waals surface area contributed by atoms with Crippen molar-refractivity contribution in [3.8, 4) is 0 Å². The molecule has 0 bridgehead atoms. The zero-order valence-corrected chi connectivity index (χ0v) is 11.4. The molecule has 1 rings (SSSR count). The van der Waals surface area contributed by atoms with E-state index in [1.54, 1.807) is 37.3 Å². The van der Waals surface area contributed by atoms with Crippen molar-refractivity contribution in [3.05, 3.63) is 42.5 Å². The van der Waals surface area contributed by atoms with E-state index >= 15 is 0 Å². The zero-order chi connectivity index (χ0) is 13.8. The van der Waals surface area contributed by atoms with Crippen LogP contribution < -0.4 is 5.30 Å². The van der Waals surface area contributed by atoms with E-state index in [0.29, 0.717) is 5.30 Å². The third kappa shape index (κ3) is 3.09. The van der Waals surface area contributed by atoms with Gasteiger partial charge in [-0.1, -0.05) is 24.8 Å². The van der Waals surface area contributed by atoms with Crippen molar-refractivity contribution < 1.29 is 19.0 Å². The van der Waals surface area contributed by atoms with Crippen molar-refractivity contribution in [2.75, 3.05) is 6.61 Å². The third-order valence-corrected chi connectivity index (χ3v) is 5.09. The van der Waals surface area contributed by atoms with Crippen LogP contribution in [0.25, 0.3) is 0 Å². The number of benzene rings is 1. The van der Waals surface area contributed by atoms with Crippen LogP contribution in [0.15, 0.2) is 42.5 Å². The van der Waals surface area contributed by atoms with Crippen molar-refractivity contribution in [2.24, 2.45) is 0 Å². The molecule has 0 saturated heterocycles. The Morgan fingerprint density at radius 2 is 2.00 bits per heavy atom. The fourth-order valence-corrected chi connectivity index (χ4v) is 3.05. The molecule has 0 spiro atoms. The minimum atomic E-state index is -3.67. The summed E-state index contributed by atoms with van der Waals surface area (Å²) in [5.41, 5.74) is -0.842. The van der Waals surface area contributed by atoms with E-state index in [0.717, 1.165) is 0 Å². The molecule has 2 unspecified atom stereocenters. The van der Waals surface area contributed by atoms with Crippen molar-refractivity contribution in [2.45, 2.75) is 19.5 Å². The molecule has 1 aromatic rings. The van der Waals surface area contributed by atoms with Crippen LogP contribution in [0.5, 0.6) is 0 Å². The standard InChI is InChI=1S/C13H17O4P/c1-4-17-13(14)10(2)11(3)18(15,16)12-8-6-5-7-9-12/h5-9,11H,2,4H2,1,3H3,(H,15,16). The van der Waals surface area contributed by atoms with Crippen molar-refractivity contribution in [1.82, 2.24) is 0 Å². The molecular formula is C13H17O4P. The molecule has 1 aromatic carbocycles. The van der Waals surface area contributed by atoms with Crippen LogP contribution in [0.2, 0.25) is 0 Å². The lowest BCUT2D eigenvalue weighted by Crippen LogP contribution is -2.22. The van der Waals surface area contributed by atoms with Crippen LogP contribution in [-0.4, -0.2) is 23.1 Å². The molecule has 18 heavy (non-hydrogen) atoms. The van der Waals surface area contributed by atoms with Gasteiger partial charge in [0.15, 0.2) is 0 Å². The van der Waals surface area contributed by atoms with Gasteiger partial charge in [-0.05, 0) is 26.0 Å². The first-order valence-corrected chi connectivity index (χ1v) is 7.38. The molecule has 0 aliphatic heterocycles. The first-order chi connectivity index (χ1) is 8.41. The Kier molecular flexibility index (Phi) is 4.88. The van der Waals surface area contributed by atoms with Gasteiger partial charge in [0.2, 0.25) is 7.37 Å². The fraction of sp³-hybridized carbons (Fsp3) is 0.308. The molecule has 2 atom stereocenters. The normalized spacial score (nSPS) is 15.5. The quantitative estimate of drug-likeness (QED) is 0.504. The highest BCUT2D eigenvalue weighted by Crippen LogP contribution is 2.47. The van der Waals surface area contributed by atoms with Crippen LogP contribution in [0, 0.1) is 0 Å². The monoisotopic (exact) mass is 268 g/mol. The summed E-state index contributed by atoms with van der Waals surface area (Å²) in [7, 11) is -3.67. The number of hydrogen-bond donors (Lipinski definition) is 1. The average Bonchev–Trinajstić information content (AvgIpc) is 2.38. The SMILES string of the molecule is C=C(C(=O)OCC)C(C)P(=O)(O)c1ccccc1. The van der Waals surface area contributed by atoms with Gasteiger partial charge in [0, 0.05) is 10.9 Å². The molecule has 98 valence electrons. The fourth-order valence-electron chi connectivity index (χ4n) is 1.47. The van der Waals surface area contributed by atoms with Gasteiger partial charge in [-0.25, -0.2) is 4.79 Å². The summed E-state index contributed by atoms with van der Waals surface area (Å²) in [6, 6.07) is 8.25. The number of rotatable bonds is 5. The van der Waals surface area contributed by atoms with Gasteiger partial charge in [0.1, 0.15) is 0 Å². The lowest BCUT2D eigenvalue weighted by molar-refractivity contribution is -0.138. The van der Waals surface area contributed by atoms with Gasteiger partial charge >= 0.3 is 5.97 Å². The zero-order valence-electron chi connectivity index (χ0n) is 10.5. The van der Waals surface area contributed by atoms with Crippen LogP contribution in [-0.2, 0) is 14.1 Å².